The third-order valence-electron chi connectivity index (χ3n) is 6.30. The van der Waals surface area contributed by atoms with E-state index in [0.29, 0.717) is 11.3 Å². The summed E-state index contributed by atoms with van der Waals surface area (Å²) in [4.78, 5) is 2.58. The molecule has 0 aliphatic carbocycles. The van der Waals surface area contributed by atoms with Crippen molar-refractivity contribution < 1.29 is 0 Å². The van der Waals surface area contributed by atoms with Crippen LogP contribution in [0.15, 0.2) is 48.5 Å². The van der Waals surface area contributed by atoms with E-state index in [-0.39, 0.29) is 5.41 Å². The van der Waals surface area contributed by atoms with Crippen LogP contribution in [-0.2, 0) is 19.3 Å². The van der Waals surface area contributed by atoms with E-state index >= 15 is 0 Å². The van der Waals surface area contributed by atoms with E-state index in [4.69, 9.17) is 0 Å². The molecule has 3 rings (SSSR count). The lowest BCUT2D eigenvalue weighted by Gasteiger charge is -2.32. The average molecular weight is 364 g/mol. The van der Waals surface area contributed by atoms with Gasteiger partial charge in [-0.2, -0.15) is 0 Å². The summed E-state index contributed by atoms with van der Waals surface area (Å²) in [5.74, 6) is 0.682. The summed E-state index contributed by atoms with van der Waals surface area (Å²) in [5, 5.41) is 0. The number of hydrogen-bond acceptors (Lipinski definition) is 1. The highest BCUT2D eigenvalue weighted by Gasteiger charge is 2.27. The number of hydrogen-bond donors (Lipinski definition) is 0. The first-order valence-corrected chi connectivity index (χ1v) is 10.5. The van der Waals surface area contributed by atoms with Gasteiger partial charge in [0.1, 0.15) is 0 Å². The molecular formula is C26H37N. The van der Waals surface area contributed by atoms with E-state index in [1.165, 1.54) is 28.8 Å². The van der Waals surface area contributed by atoms with Crippen molar-refractivity contribution in [3.8, 4) is 0 Å². The average Bonchev–Trinajstić information content (AvgIpc) is 2.96. The van der Waals surface area contributed by atoms with Gasteiger partial charge in [-0.3, -0.25) is 0 Å². The molecular weight excluding hydrogens is 326 g/mol. The van der Waals surface area contributed by atoms with Gasteiger partial charge in [-0.15, -0.1) is 0 Å². The summed E-state index contributed by atoms with van der Waals surface area (Å²) >= 11 is 0. The standard InChI is InChI=1S/C26H37N/c1-20(25(2,3)4)16-21-10-9-11-22(17-21)18-26(5,6)19-27-15-14-23-12-7-8-13-24(23)27/h7-13,17,20H,14-16,18-19H2,1-6H3. The molecule has 0 saturated carbocycles. The Labute approximate surface area is 166 Å². The molecule has 0 N–H and O–H groups in total. The van der Waals surface area contributed by atoms with Gasteiger partial charge >= 0.3 is 0 Å². The van der Waals surface area contributed by atoms with Gasteiger partial charge in [-0.05, 0) is 58.8 Å². The Kier molecular flexibility index (Phi) is 5.70. The van der Waals surface area contributed by atoms with Crippen LogP contribution in [0.2, 0.25) is 0 Å². The quantitative estimate of drug-likeness (QED) is 0.563. The van der Waals surface area contributed by atoms with Crippen LogP contribution >= 0.6 is 0 Å². The number of fused-ring (bicyclic) bond motifs is 1. The van der Waals surface area contributed by atoms with E-state index in [0.717, 1.165) is 25.9 Å². The number of benzene rings is 2. The van der Waals surface area contributed by atoms with Gasteiger partial charge in [0.05, 0.1) is 0 Å². The zero-order chi connectivity index (χ0) is 19.7. The molecule has 1 heterocycles. The van der Waals surface area contributed by atoms with Gasteiger partial charge in [-0.25, -0.2) is 0 Å². The van der Waals surface area contributed by atoms with E-state index in [1.807, 2.05) is 0 Å². The number of anilines is 1. The topological polar surface area (TPSA) is 3.24 Å². The molecule has 1 aliphatic rings. The Balaban J connectivity index is 1.67. The predicted octanol–water partition coefficient (Wildman–Crippen LogP) is 6.54. The highest BCUT2D eigenvalue weighted by molar-refractivity contribution is 5.57. The second kappa shape index (κ2) is 7.70. The monoisotopic (exact) mass is 363 g/mol. The van der Waals surface area contributed by atoms with Gasteiger partial charge < -0.3 is 4.90 Å². The maximum absolute atomic E-state index is 2.58. The Morgan fingerprint density at radius 3 is 2.37 bits per heavy atom. The smallest absolute Gasteiger partial charge is 0.0399 e. The fraction of sp³-hybridized carbons (Fsp3) is 0.538. The number of rotatable bonds is 6. The summed E-state index contributed by atoms with van der Waals surface area (Å²) < 4.78 is 0. The summed E-state index contributed by atoms with van der Waals surface area (Å²) in [5.41, 5.74) is 6.53. The van der Waals surface area contributed by atoms with Crippen LogP contribution in [0.25, 0.3) is 0 Å². The lowest BCUT2D eigenvalue weighted by molar-refractivity contribution is 0.260. The second-order valence-corrected chi connectivity index (χ2v) is 10.4. The molecule has 1 atom stereocenters. The molecule has 0 fully saturated rings. The van der Waals surface area contributed by atoms with Gasteiger partial charge in [0.25, 0.3) is 0 Å². The van der Waals surface area contributed by atoms with Crippen LogP contribution in [0.3, 0.4) is 0 Å². The minimum Gasteiger partial charge on any atom is -0.370 e. The van der Waals surface area contributed by atoms with Crippen molar-refractivity contribution in [2.45, 2.75) is 60.8 Å². The zero-order valence-electron chi connectivity index (χ0n) is 18.2. The molecule has 1 heteroatoms. The molecule has 27 heavy (non-hydrogen) atoms. The van der Waals surface area contributed by atoms with Gasteiger partial charge in [0.2, 0.25) is 0 Å². The molecule has 0 spiro atoms. The third kappa shape index (κ3) is 5.15. The predicted molar refractivity (Wildman–Crippen MR) is 119 cm³/mol. The van der Waals surface area contributed by atoms with Gasteiger partial charge in [0, 0.05) is 18.8 Å². The minimum absolute atomic E-state index is 0.256. The van der Waals surface area contributed by atoms with Crippen LogP contribution in [0, 0.1) is 16.7 Å². The van der Waals surface area contributed by atoms with E-state index < -0.39 is 0 Å². The number of para-hydroxylation sites is 1. The molecule has 1 nitrogen and oxygen atoms in total. The summed E-state index contributed by atoms with van der Waals surface area (Å²) in [6.45, 7) is 16.5. The summed E-state index contributed by atoms with van der Waals surface area (Å²) in [7, 11) is 0. The van der Waals surface area contributed by atoms with Crippen molar-refractivity contribution >= 4 is 5.69 Å². The Morgan fingerprint density at radius 1 is 0.926 bits per heavy atom. The largest absolute Gasteiger partial charge is 0.370 e. The molecule has 1 aliphatic heterocycles. The molecule has 146 valence electrons. The molecule has 0 radical (unpaired) electrons. The van der Waals surface area contributed by atoms with Crippen LogP contribution in [0.1, 0.15) is 58.2 Å². The van der Waals surface area contributed by atoms with Gasteiger partial charge in [0.15, 0.2) is 0 Å². The first kappa shape index (κ1) is 20.0. The normalized spacial score (nSPS) is 15.7. The van der Waals surface area contributed by atoms with Crippen molar-refractivity contribution in [3.05, 3.63) is 65.2 Å². The summed E-state index contributed by atoms with van der Waals surface area (Å²) in [6.07, 6.45) is 3.48. The van der Waals surface area contributed by atoms with Crippen molar-refractivity contribution in [2.24, 2.45) is 16.7 Å². The molecule has 0 amide bonds. The lowest BCUT2D eigenvalue weighted by atomic mass is 9.78. The van der Waals surface area contributed by atoms with E-state index in [1.54, 1.807) is 0 Å². The Hall–Kier alpha value is -1.76. The van der Waals surface area contributed by atoms with Crippen LogP contribution in [-0.4, -0.2) is 13.1 Å². The van der Waals surface area contributed by atoms with Crippen molar-refractivity contribution in [3.63, 3.8) is 0 Å². The van der Waals surface area contributed by atoms with E-state index in [9.17, 15) is 0 Å². The van der Waals surface area contributed by atoms with Crippen molar-refractivity contribution in [2.75, 3.05) is 18.0 Å². The molecule has 2 aromatic rings. The molecule has 1 unspecified atom stereocenters. The van der Waals surface area contributed by atoms with Crippen LogP contribution < -0.4 is 4.90 Å². The molecule has 0 aromatic heterocycles. The molecule has 0 bridgehead atoms. The number of nitrogens with zero attached hydrogens (tertiary/aromatic N) is 1. The fourth-order valence-electron chi connectivity index (χ4n) is 4.22. The third-order valence-corrected chi connectivity index (χ3v) is 6.30. The first-order valence-electron chi connectivity index (χ1n) is 10.5. The first-order chi connectivity index (χ1) is 12.6. The van der Waals surface area contributed by atoms with E-state index in [2.05, 4.69) is 95.0 Å². The summed E-state index contributed by atoms with van der Waals surface area (Å²) in [6, 6.07) is 18.2. The SMILES string of the molecule is CC(Cc1cccc(CC(C)(C)CN2CCc3ccccc32)c1)C(C)(C)C. The fourth-order valence-corrected chi connectivity index (χ4v) is 4.22. The van der Waals surface area contributed by atoms with Gasteiger partial charge in [-0.1, -0.05) is 84.0 Å². The maximum Gasteiger partial charge on any atom is 0.0399 e. The van der Waals surface area contributed by atoms with Crippen LogP contribution in [0.4, 0.5) is 5.69 Å². The zero-order valence-corrected chi connectivity index (χ0v) is 18.2. The lowest BCUT2D eigenvalue weighted by Crippen LogP contribution is -2.34. The molecule has 2 aromatic carbocycles. The second-order valence-electron chi connectivity index (χ2n) is 10.4. The van der Waals surface area contributed by atoms with Crippen molar-refractivity contribution in [1.29, 1.82) is 0 Å². The molecule has 0 saturated heterocycles. The van der Waals surface area contributed by atoms with Crippen molar-refractivity contribution in [1.82, 2.24) is 0 Å². The Bertz CT molecular complexity index is 766. The highest BCUT2D eigenvalue weighted by Crippen LogP contribution is 2.33. The minimum atomic E-state index is 0.256. The highest BCUT2D eigenvalue weighted by atomic mass is 15.2. The van der Waals surface area contributed by atoms with Crippen LogP contribution in [0.5, 0.6) is 0 Å². The maximum atomic E-state index is 2.58. The Morgan fingerprint density at radius 2 is 1.63 bits per heavy atom.